The molecule has 0 unspecified atom stereocenters. The lowest BCUT2D eigenvalue weighted by atomic mass is 10.0. The Morgan fingerprint density at radius 2 is 1.12 bits per heavy atom. The number of aryl methyl sites for hydroxylation is 1. The van der Waals surface area contributed by atoms with Crippen LogP contribution in [0.5, 0.6) is 5.88 Å². The van der Waals surface area contributed by atoms with Gasteiger partial charge in [0, 0.05) is 26.8 Å². The number of ether oxygens (including phenoxy) is 4. The third kappa shape index (κ3) is 10.5. The fourth-order valence-corrected chi connectivity index (χ4v) is 5.49. The summed E-state index contributed by atoms with van der Waals surface area (Å²) >= 11 is 0. The van der Waals surface area contributed by atoms with Crippen molar-refractivity contribution < 1.29 is 33.3 Å². The second kappa shape index (κ2) is 16.5. The van der Waals surface area contributed by atoms with E-state index in [0.29, 0.717) is 10.6 Å². The second-order valence-electron chi connectivity index (χ2n) is 16.7. The fourth-order valence-electron chi connectivity index (χ4n) is 5.49. The van der Waals surface area contributed by atoms with Crippen molar-refractivity contribution in [2.45, 2.75) is 85.7 Å². The number of fused-ring (bicyclic) bond motifs is 1. The highest BCUT2D eigenvalue weighted by Crippen LogP contribution is 2.37. The molecule has 0 aliphatic carbocycles. The molecule has 2 heterocycles. The van der Waals surface area contributed by atoms with Gasteiger partial charge in [-0.3, -0.25) is 4.57 Å². The van der Waals surface area contributed by atoms with Gasteiger partial charge < -0.3 is 23.8 Å². The molecule has 0 N–H and O–H groups in total. The first-order valence-corrected chi connectivity index (χ1v) is 18.6. The van der Waals surface area contributed by atoms with E-state index in [1.165, 1.54) is 7.05 Å². The van der Waals surface area contributed by atoms with Crippen molar-refractivity contribution in [3.63, 3.8) is 0 Å². The Labute approximate surface area is 338 Å². The number of aromatic nitrogens is 4. The number of rotatable bonds is 8. The molecule has 58 heavy (non-hydrogen) atoms. The van der Waals surface area contributed by atoms with E-state index in [4.69, 9.17) is 28.9 Å². The van der Waals surface area contributed by atoms with E-state index in [9.17, 15) is 19.2 Å². The molecule has 5 aromatic rings. The van der Waals surface area contributed by atoms with Crippen molar-refractivity contribution in [2.75, 3.05) is 28.8 Å². The van der Waals surface area contributed by atoms with Gasteiger partial charge in [-0.25, -0.2) is 24.1 Å². The lowest BCUT2D eigenvalue weighted by Crippen LogP contribution is -2.45. The van der Waals surface area contributed by atoms with E-state index in [-0.39, 0.29) is 29.5 Å². The van der Waals surface area contributed by atoms with Crippen LogP contribution in [-0.4, -0.2) is 68.7 Å². The topological polar surface area (TPSA) is 159 Å². The summed E-state index contributed by atoms with van der Waals surface area (Å²) in [5.41, 5.74) is -0.144. The first-order chi connectivity index (χ1) is 27.0. The smallest absolute Gasteiger partial charge is 0.425 e. The van der Waals surface area contributed by atoms with Gasteiger partial charge in [-0.05, 0) is 103 Å². The average molecular weight is 794 g/mol. The van der Waals surface area contributed by atoms with Crippen molar-refractivity contribution in [1.82, 2.24) is 19.5 Å². The van der Waals surface area contributed by atoms with Gasteiger partial charge in [-0.2, -0.15) is 19.9 Å². The summed E-state index contributed by atoms with van der Waals surface area (Å²) in [4.78, 5) is 72.9. The highest BCUT2D eigenvalue weighted by atomic mass is 16.6. The average Bonchev–Trinajstić information content (AvgIpc) is 3.11. The number of imide groups is 1. The van der Waals surface area contributed by atoms with Crippen molar-refractivity contribution in [1.29, 1.82) is 0 Å². The van der Waals surface area contributed by atoms with Gasteiger partial charge in [-0.1, -0.05) is 54.6 Å². The minimum Gasteiger partial charge on any atom is -0.472 e. The number of hydrogen-bond acceptors (Lipinski definition) is 12. The van der Waals surface area contributed by atoms with Crippen LogP contribution in [0, 0.1) is 0 Å². The van der Waals surface area contributed by atoms with Crippen molar-refractivity contribution >= 4 is 52.5 Å². The number of amides is 3. The van der Waals surface area contributed by atoms with E-state index in [0.717, 1.165) is 31.8 Å². The molecular formula is C43H51N7O8. The predicted octanol–water partition coefficient (Wildman–Crippen LogP) is 8.79. The van der Waals surface area contributed by atoms with Crippen LogP contribution in [0.25, 0.3) is 22.2 Å². The number of nitrogens with zero attached hydrogens (tertiary/aromatic N) is 7. The van der Waals surface area contributed by atoms with Gasteiger partial charge in [-0.15, -0.1) is 0 Å². The molecule has 0 aliphatic rings. The highest BCUT2D eigenvalue weighted by molar-refractivity contribution is 6.14. The molecule has 0 atom stereocenters. The molecule has 0 saturated heterocycles. The lowest BCUT2D eigenvalue weighted by Gasteiger charge is -2.29. The SMILES string of the molecule is CN(C)c1ccc(-c2ccc(N(C(=O)OC(C)(C)C)c3nc(OCc4ccccc4)c4c(N(C(=O)OC(C)(C)C)C(=O)OC(C)(C)C)nc(=O)n(C)c4n3)cc2)cc1. The summed E-state index contributed by atoms with van der Waals surface area (Å²) in [6.45, 7) is 14.8. The molecule has 15 heteroatoms. The van der Waals surface area contributed by atoms with Gasteiger partial charge in [0.25, 0.3) is 0 Å². The number of carbonyl (C=O) groups is 3. The first kappa shape index (κ1) is 42.6. The van der Waals surface area contributed by atoms with E-state index < -0.39 is 46.6 Å². The Morgan fingerprint density at radius 1 is 0.638 bits per heavy atom. The van der Waals surface area contributed by atoms with Crippen LogP contribution in [0.1, 0.15) is 67.9 Å². The van der Waals surface area contributed by atoms with Crippen LogP contribution >= 0.6 is 0 Å². The van der Waals surface area contributed by atoms with Gasteiger partial charge >= 0.3 is 24.0 Å². The van der Waals surface area contributed by atoms with Gasteiger partial charge in [0.05, 0.1) is 5.69 Å². The normalized spacial score (nSPS) is 11.8. The molecular weight excluding hydrogens is 743 g/mol. The second-order valence-corrected chi connectivity index (χ2v) is 16.7. The highest BCUT2D eigenvalue weighted by Gasteiger charge is 2.38. The number of carbonyl (C=O) groups excluding carboxylic acids is 3. The van der Waals surface area contributed by atoms with Crippen LogP contribution in [0.15, 0.2) is 83.7 Å². The Bertz CT molecular complexity index is 2310. The van der Waals surface area contributed by atoms with E-state index >= 15 is 0 Å². The van der Waals surface area contributed by atoms with Crippen molar-refractivity contribution in [3.8, 4) is 17.0 Å². The third-order valence-corrected chi connectivity index (χ3v) is 8.08. The number of hydrogen-bond donors (Lipinski definition) is 0. The largest absolute Gasteiger partial charge is 0.472 e. The van der Waals surface area contributed by atoms with Crippen LogP contribution < -0.4 is 25.1 Å². The van der Waals surface area contributed by atoms with Gasteiger partial charge in [0.15, 0.2) is 11.5 Å². The van der Waals surface area contributed by atoms with Crippen LogP contribution in [0.2, 0.25) is 0 Å². The monoisotopic (exact) mass is 793 g/mol. The zero-order valence-corrected chi connectivity index (χ0v) is 35.1. The first-order valence-electron chi connectivity index (χ1n) is 18.6. The maximum absolute atomic E-state index is 14.2. The minimum absolute atomic E-state index is 0.0543. The zero-order valence-electron chi connectivity index (χ0n) is 35.1. The van der Waals surface area contributed by atoms with E-state index in [2.05, 4.69) is 4.98 Å². The standard InChI is InChI=1S/C43H51N7O8/c1-41(2,3)56-38(52)49(31-24-20-29(21-25-31)28-18-22-30(23-19-28)47(10)11)36-44-33-32(35(46-36)55-26-27-16-14-13-15-17-27)34(45-37(51)48(33)12)50(39(53)57-42(4,5)6)40(54)58-43(7,8)9/h13-25H,26H2,1-12H3. The maximum atomic E-state index is 14.2. The summed E-state index contributed by atoms with van der Waals surface area (Å²) in [5, 5.41) is -0.112. The minimum atomic E-state index is -1.17. The van der Waals surface area contributed by atoms with Crippen molar-refractivity contribution in [2.24, 2.45) is 7.05 Å². The molecule has 15 nitrogen and oxygen atoms in total. The molecule has 0 saturated carbocycles. The molecule has 3 aromatic carbocycles. The van der Waals surface area contributed by atoms with Crippen LogP contribution in [0.3, 0.4) is 0 Å². The Balaban J connectivity index is 1.77. The third-order valence-electron chi connectivity index (χ3n) is 8.08. The summed E-state index contributed by atoms with van der Waals surface area (Å²) in [6.07, 6.45) is -3.17. The lowest BCUT2D eigenvalue weighted by molar-refractivity contribution is 0.0428. The molecule has 306 valence electrons. The van der Waals surface area contributed by atoms with Gasteiger partial charge in [0.1, 0.15) is 28.8 Å². The van der Waals surface area contributed by atoms with Crippen molar-refractivity contribution in [3.05, 3.63) is 94.9 Å². The van der Waals surface area contributed by atoms with E-state index in [1.54, 1.807) is 74.4 Å². The Kier molecular flexibility index (Phi) is 12.2. The Morgan fingerprint density at radius 3 is 1.60 bits per heavy atom. The number of anilines is 4. The summed E-state index contributed by atoms with van der Waals surface area (Å²) in [5.74, 6) is -0.948. The number of benzene rings is 3. The summed E-state index contributed by atoms with van der Waals surface area (Å²) in [6, 6.07) is 24.3. The van der Waals surface area contributed by atoms with Gasteiger partial charge in [0.2, 0.25) is 11.8 Å². The maximum Gasteiger partial charge on any atom is 0.425 e. The molecule has 0 bridgehead atoms. The summed E-state index contributed by atoms with van der Waals surface area (Å²) in [7, 11) is 5.34. The molecule has 0 radical (unpaired) electrons. The molecule has 0 fully saturated rings. The predicted molar refractivity (Wildman–Crippen MR) is 223 cm³/mol. The zero-order chi connectivity index (χ0) is 42.7. The molecule has 0 aliphatic heterocycles. The molecule has 0 spiro atoms. The van der Waals surface area contributed by atoms with Crippen LogP contribution in [0.4, 0.5) is 37.5 Å². The van der Waals surface area contributed by atoms with E-state index in [1.807, 2.05) is 85.7 Å². The summed E-state index contributed by atoms with van der Waals surface area (Å²) < 4.78 is 24.5. The van der Waals surface area contributed by atoms with Crippen LogP contribution in [-0.2, 0) is 27.9 Å². The molecule has 2 aromatic heterocycles. The Hall–Kier alpha value is -6.51. The fraction of sp³-hybridized carbons (Fsp3) is 0.372. The molecule has 3 amide bonds. The quantitative estimate of drug-likeness (QED) is 0.138. The molecule has 5 rings (SSSR count).